The van der Waals surface area contributed by atoms with Gasteiger partial charge in [0, 0.05) is 31.7 Å². The molecule has 1 aliphatic heterocycles. The minimum atomic E-state index is 0.0677. The van der Waals surface area contributed by atoms with E-state index in [-0.39, 0.29) is 11.8 Å². The largest absolute Gasteiger partial charge is 0.508 e. The first-order chi connectivity index (χ1) is 13.1. The Morgan fingerprint density at radius 1 is 1.11 bits per heavy atom. The molecular formula is C23H30N2O2. The molecule has 1 aliphatic rings. The third-order valence-corrected chi connectivity index (χ3v) is 5.51. The van der Waals surface area contributed by atoms with Gasteiger partial charge < -0.3 is 10.0 Å². The predicted molar refractivity (Wildman–Crippen MR) is 109 cm³/mol. The number of piperidine rings is 1. The molecule has 2 aromatic carbocycles. The molecule has 1 atom stereocenters. The van der Waals surface area contributed by atoms with Crippen molar-refractivity contribution in [2.75, 3.05) is 26.2 Å². The molecule has 1 amide bonds. The van der Waals surface area contributed by atoms with Crippen LogP contribution in [-0.4, -0.2) is 47.0 Å². The summed E-state index contributed by atoms with van der Waals surface area (Å²) in [6.45, 7) is 8.03. The van der Waals surface area contributed by atoms with E-state index in [1.54, 1.807) is 6.07 Å². The maximum absolute atomic E-state index is 12.7. The Labute approximate surface area is 162 Å². The number of carbonyl (C=O) groups excluding carboxylic acids is 1. The fraction of sp³-hybridized carbons (Fsp3) is 0.435. The molecule has 0 spiro atoms. The van der Waals surface area contributed by atoms with Crippen molar-refractivity contribution in [1.29, 1.82) is 0 Å². The van der Waals surface area contributed by atoms with Crippen molar-refractivity contribution in [3.8, 4) is 16.9 Å². The SMILES string of the molecule is CCN(CC)C(=O)[C@H]1CCCN(Cc2cc(-c3ccccc3)ccc2O)C1. The third-order valence-electron chi connectivity index (χ3n) is 5.51. The van der Waals surface area contributed by atoms with Crippen LogP contribution in [0.15, 0.2) is 48.5 Å². The monoisotopic (exact) mass is 366 g/mol. The average molecular weight is 367 g/mol. The number of hydrogen-bond donors (Lipinski definition) is 1. The Kier molecular flexibility index (Phi) is 6.51. The fourth-order valence-electron chi connectivity index (χ4n) is 3.96. The maximum atomic E-state index is 12.7. The van der Waals surface area contributed by atoms with Gasteiger partial charge in [-0.2, -0.15) is 0 Å². The number of amides is 1. The molecule has 0 saturated carbocycles. The molecule has 27 heavy (non-hydrogen) atoms. The van der Waals surface area contributed by atoms with Gasteiger partial charge in [-0.25, -0.2) is 0 Å². The zero-order valence-corrected chi connectivity index (χ0v) is 16.4. The molecule has 0 unspecified atom stereocenters. The van der Waals surface area contributed by atoms with Crippen LogP contribution in [0.4, 0.5) is 0 Å². The molecule has 1 fully saturated rings. The van der Waals surface area contributed by atoms with Crippen molar-refractivity contribution in [3.05, 3.63) is 54.1 Å². The van der Waals surface area contributed by atoms with Crippen LogP contribution in [0, 0.1) is 5.92 Å². The normalized spacial score (nSPS) is 17.6. The highest BCUT2D eigenvalue weighted by Gasteiger charge is 2.28. The van der Waals surface area contributed by atoms with Crippen molar-refractivity contribution in [2.24, 2.45) is 5.92 Å². The summed E-state index contributed by atoms with van der Waals surface area (Å²) in [4.78, 5) is 17.0. The van der Waals surface area contributed by atoms with Crippen molar-refractivity contribution >= 4 is 5.91 Å². The van der Waals surface area contributed by atoms with Crippen LogP contribution in [0.2, 0.25) is 0 Å². The van der Waals surface area contributed by atoms with Crippen LogP contribution < -0.4 is 0 Å². The van der Waals surface area contributed by atoms with E-state index in [1.165, 1.54) is 0 Å². The Hall–Kier alpha value is -2.33. The molecule has 3 rings (SSSR count). The van der Waals surface area contributed by atoms with Crippen molar-refractivity contribution in [2.45, 2.75) is 33.2 Å². The highest BCUT2D eigenvalue weighted by atomic mass is 16.3. The molecule has 2 aromatic rings. The second-order valence-electron chi connectivity index (χ2n) is 7.29. The van der Waals surface area contributed by atoms with Crippen LogP contribution in [-0.2, 0) is 11.3 Å². The van der Waals surface area contributed by atoms with Gasteiger partial charge in [0.15, 0.2) is 0 Å². The molecule has 1 heterocycles. The van der Waals surface area contributed by atoms with E-state index in [2.05, 4.69) is 23.1 Å². The Morgan fingerprint density at radius 3 is 2.56 bits per heavy atom. The number of phenols is 1. The Bertz CT molecular complexity index is 756. The van der Waals surface area contributed by atoms with E-state index in [9.17, 15) is 9.90 Å². The first kappa shape index (κ1) is 19.4. The number of nitrogens with zero attached hydrogens (tertiary/aromatic N) is 2. The van der Waals surface area contributed by atoms with Gasteiger partial charge in [0.1, 0.15) is 5.75 Å². The molecule has 4 heteroatoms. The Morgan fingerprint density at radius 2 is 1.85 bits per heavy atom. The lowest BCUT2D eigenvalue weighted by Gasteiger charge is -2.34. The summed E-state index contributed by atoms with van der Waals surface area (Å²) in [5.41, 5.74) is 3.18. The van der Waals surface area contributed by atoms with E-state index < -0.39 is 0 Å². The van der Waals surface area contributed by atoms with Crippen molar-refractivity contribution in [3.63, 3.8) is 0 Å². The zero-order chi connectivity index (χ0) is 19.2. The maximum Gasteiger partial charge on any atom is 0.226 e. The van der Waals surface area contributed by atoms with Crippen LogP contribution in [0.5, 0.6) is 5.75 Å². The van der Waals surface area contributed by atoms with Crippen LogP contribution in [0.3, 0.4) is 0 Å². The third kappa shape index (κ3) is 4.69. The molecule has 0 aliphatic carbocycles. The molecule has 0 radical (unpaired) electrons. The number of carbonyl (C=O) groups is 1. The summed E-state index contributed by atoms with van der Waals surface area (Å²) in [5, 5.41) is 10.4. The highest BCUT2D eigenvalue weighted by molar-refractivity contribution is 5.79. The van der Waals surface area contributed by atoms with Crippen LogP contribution in [0.1, 0.15) is 32.3 Å². The van der Waals surface area contributed by atoms with E-state index in [4.69, 9.17) is 0 Å². The summed E-state index contributed by atoms with van der Waals surface area (Å²) in [6.07, 6.45) is 1.98. The highest BCUT2D eigenvalue weighted by Crippen LogP contribution is 2.28. The standard InChI is InChI=1S/C23H30N2O2/c1-3-25(4-2)23(27)20-11-8-14-24(16-20)17-21-15-19(12-13-22(21)26)18-9-6-5-7-10-18/h5-7,9-10,12-13,15,20,26H,3-4,8,11,14,16-17H2,1-2H3/t20-/m0/s1. The molecular weight excluding hydrogens is 336 g/mol. The topological polar surface area (TPSA) is 43.8 Å². The molecule has 0 aromatic heterocycles. The van der Waals surface area contributed by atoms with Gasteiger partial charge in [0.25, 0.3) is 0 Å². The number of aromatic hydroxyl groups is 1. The van der Waals surface area contributed by atoms with Gasteiger partial charge in [-0.15, -0.1) is 0 Å². The second-order valence-corrected chi connectivity index (χ2v) is 7.29. The first-order valence-electron chi connectivity index (χ1n) is 10.0. The number of likely N-dealkylation sites (tertiary alicyclic amines) is 1. The molecule has 1 saturated heterocycles. The number of phenolic OH excluding ortho intramolecular Hbond substituents is 1. The molecule has 0 bridgehead atoms. The molecule has 4 nitrogen and oxygen atoms in total. The van der Waals surface area contributed by atoms with Crippen LogP contribution >= 0.6 is 0 Å². The van der Waals surface area contributed by atoms with Gasteiger partial charge in [-0.3, -0.25) is 9.69 Å². The first-order valence-corrected chi connectivity index (χ1v) is 10.0. The quantitative estimate of drug-likeness (QED) is 0.836. The number of hydrogen-bond acceptors (Lipinski definition) is 3. The van der Waals surface area contributed by atoms with Gasteiger partial charge in [-0.1, -0.05) is 36.4 Å². The van der Waals surface area contributed by atoms with E-state index >= 15 is 0 Å². The van der Waals surface area contributed by atoms with Crippen molar-refractivity contribution in [1.82, 2.24) is 9.80 Å². The van der Waals surface area contributed by atoms with Gasteiger partial charge in [0.2, 0.25) is 5.91 Å². The predicted octanol–water partition coefficient (Wildman–Crippen LogP) is 4.14. The summed E-state index contributed by atoms with van der Waals surface area (Å²) in [6, 6.07) is 16.0. The number of benzene rings is 2. The minimum Gasteiger partial charge on any atom is -0.508 e. The summed E-state index contributed by atoms with van der Waals surface area (Å²) in [5.74, 6) is 0.664. The van der Waals surface area contributed by atoms with Crippen LogP contribution in [0.25, 0.3) is 11.1 Å². The lowest BCUT2D eigenvalue weighted by Crippen LogP contribution is -2.44. The number of rotatable bonds is 6. The lowest BCUT2D eigenvalue weighted by molar-refractivity contribution is -0.137. The molecule has 1 N–H and O–H groups in total. The van der Waals surface area contributed by atoms with E-state index in [1.807, 2.05) is 43.0 Å². The minimum absolute atomic E-state index is 0.0677. The van der Waals surface area contributed by atoms with Gasteiger partial charge in [-0.05, 0) is 56.5 Å². The average Bonchev–Trinajstić information content (AvgIpc) is 2.71. The van der Waals surface area contributed by atoms with Gasteiger partial charge in [0.05, 0.1) is 5.92 Å². The fourth-order valence-corrected chi connectivity index (χ4v) is 3.96. The van der Waals surface area contributed by atoms with E-state index in [0.717, 1.165) is 55.7 Å². The summed E-state index contributed by atoms with van der Waals surface area (Å²) >= 11 is 0. The zero-order valence-electron chi connectivity index (χ0n) is 16.4. The second kappa shape index (κ2) is 9.05. The van der Waals surface area contributed by atoms with Gasteiger partial charge >= 0.3 is 0 Å². The summed E-state index contributed by atoms with van der Waals surface area (Å²) < 4.78 is 0. The lowest BCUT2D eigenvalue weighted by atomic mass is 9.95. The van der Waals surface area contributed by atoms with Crippen molar-refractivity contribution < 1.29 is 9.90 Å². The summed E-state index contributed by atoms with van der Waals surface area (Å²) in [7, 11) is 0. The smallest absolute Gasteiger partial charge is 0.226 e. The van der Waals surface area contributed by atoms with E-state index in [0.29, 0.717) is 12.3 Å². The molecule has 144 valence electrons. The Balaban J connectivity index is 1.72.